The van der Waals surface area contributed by atoms with Gasteiger partial charge in [0.05, 0.1) is 13.0 Å². The van der Waals surface area contributed by atoms with E-state index in [0.29, 0.717) is 19.6 Å². The van der Waals surface area contributed by atoms with E-state index in [0.717, 1.165) is 31.2 Å². The van der Waals surface area contributed by atoms with E-state index in [1.54, 1.807) is 24.0 Å². The van der Waals surface area contributed by atoms with Crippen molar-refractivity contribution >= 4 is 42.2 Å². The highest BCUT2D eigenvalue weighted by molar-refractivity contribution is 5.92. The molecular weight excluding hydrogens is 528 g/mol. The van der Waals surface area contributed by atoms with Crippen LogP contribution in [0.2, 0.25) is 0 Å². The Morgan fingerprint density at radius 2 is 1.87 bits per heavy atom. The number of rotatable bonds is 12. The van der Waals surface area contributed by atoms with E-state index >= 15 is 0 Å². The number of hydrogen-bond acceptors (Lipinski definition) is 7. The van der Waals surface area contributed by atoms with Gasteiger partial charge in [0.1, 0.15) is 19.2 Å². The summed E-state index contributed by atoms with van der Waals surface area (Å²) in [7, 11) is 0. The molecule has 0 radical (unpaired) electrons. The molecule has 0 spiro atoms. The molecule has 13 heteroatoms. The Morgan fingerprint density at radius 1 is 1.15 bits per heavy atom. The Bertz CT molecular complexity index is 992. The van der Waals surface area contributed by atoms with E-state index in [1.165, 1.54) is 4.90 Å². The smallest absolute Gasteiger partial charge is 0.408 e. The number of guanidine groups is 1. The molecule has 1 heterocycles. The van der Waals surface area contributed by atoms with Crippen LogP contribution in [0, 0.1) is 11.3 Å². The van der Waals surface area contributed by atoms with E-state index in [1.807, 2.05) is 18.2 Å². The number of nitrogens with one attached hydrogen (secondary N) is 3. The molecule has 1 saturated heterocycles. The number of esters is 1. The third-order valence-electron chi connectivity index (χ3n) is 6.52. The summed E-state index contributed by atoms with van der Waals surface area (Å²) >= 11 is 0. The van der Waals surface area contributed by atoms with Crippen molar-refractivity contribution < 1.29 is 28.7 Å². The Balaban J connectivity index is 0.00000533. The summed E-state index contributed by atoms with van der Waals surface area (Å²) in [4.78, 5) is 54.2. The summed E-state index contributed by atoms with van der Waals surface area (Å²) in [5, 5.41) is 13.0. The molecule has 2 aliphatic rings. The molecule has 1 aromatic rings. The van der Waals surface area contributed by atoms with E-state index < -0.39 is 29.9 Å². The van der Waals surface area contributed by atoms with Crippen molar-refractivity contribution in [1.82, 2.24) is 20.4 Å². The minimum Gasteiger partial charge on any atom is -0.465 e. The van der Waals surface area contributed by atoms with Gasteiger partial charge in [-0.1, -0.05) is 30.3 Å². The molecule has 1 saturated carbocycles. The Hall–Kier alpha value is -3.54. The molecule has 2 atom stereocenters. The predicted octanol–water partition coefficient (Wildman–Crippen LogP) is 1.37. The molecule has 216 valence electrons. The van der Waals surface area contributed by atoms with Crippen LogP contribution in [0.1, 0.15) is 44.6 Å². The first-order valence-electron chi connectivity index (χ1n) is 13.1. The fourth-order valence-corrected chi connectivity index (χ4v) is 4.39. The molecule has 0 unspecified atom stereocenters. The third kappa shape index (κ3) is 10.6. The zero-order valence-electron chi connectivity index (χ0n) is 22.2. The minimum absolute atomic E-state index is 0. The molecule has 3 amide bonds. The number of halogens is 1. The first-order valence-corrected chi connectivity index (χ1v) is 13.1. The number of benzene rings is 1. The molecule has 39 heavy (non-hydrogen) atoms. The van der Waals surface area contributed by atoms with Crippen molar-refractivity contribution in [3.63, 3.8) is 0 Å². The lowest BCUT2D eigenvalue weighted by Crippen LogP contribution is -2.53. The highest BCUT2D eigenvalue weighted by Gasteiger charge is 2.38. The molecule has 1 aliphatic heterocycles. The predicted molar refractivity (Wildman–Crippen MR) is 146 cm³/mol. The van der Waals surface area contributed by atoms with Crippen LogP contribution in [0.25, 0.3) is 0 Å². The van der Waals surface area contributed by atoms with Crippen LogP contribution in [0.3, 0.4) is 0 Å². The van der Waals surface area contributed by atoms with Crippen LogP contribution in [-0.4, -0.2) is 84.5 Å². The summed E-state index contributed by atoms with van der Waals surface area (Å²) < 4.78 is 10.3. The maximum Gasteiger partial charge on any atom is 0.408 e. The van der Waals surface area contributed by atoms with Crippen LogP contribution >= 0.6 is 12.4 Å². The Kier molecular flexibility index (Phi) is 12.8. The first kappa shape index (κ1) is 31.7. The van der Waals surface area contributed by atoms with Crippen LogP contribution in [0.5, 0.6) is 0 Å². The van der Waals surface area contributed by atoms with E-state index in [4.69, 9.17) is 20.6 Å². The van der Waals surface area contributed by atoms with Gasteiger partial charge < -0.3 is 35.6 Å². The average molecular weight is 567 g/mol. The molecule has 2 fully saturated rings. The number of amides is 3. The topological polar surface area (TPSA) is 167 Å². The molecule has 3 rings (SSSR count). The van der Waals surface area contributed by atoms with Gasteiger partial charge in [-0.15, -0.1) is 12.4 Å². The number of likely N-dealkylation sites (tertiary alicyclic amines) is 1. The summed E-state index contributed by atoms with van der Waals surface area (Å²) in [6.07, 6.45) is 2.06. The van der Waals surface area contributed by atoms with Gasteiger partial charge >= 0.3 is 12.1 Å². The second-order valence-corrected chi connectivity index (χ2v) is 9.61. The van der Waals surface area contributed by atoms with Crippen molar-refractivity contribution in [2.24, 2.45) is 11.7 Å². The van der Waals surface area contributed by atoms with Gasteiger partial charge in [0, 0.05) is 25.7 Å². The SMILES string of the molecule is CCOC(=O)CN(C(=O)[C@H](CC(=O)NC[C@@H]1CCCN(C(=N)N)C1)NC(=O)OCc1ccccc1)C1CC1.Cl. The van der Waals surface area contributed by atoms with Gasteiger partial charge in [-0.2, -0.15) is 0 Å². The molecule has 5 N–H and O–H groups in total. The Labute approximate surface area is 234 Å². The summed E-state index contributed by atoms with van der Waals surface area (Å²) in [5.41, 5.74) is 6.37. The number of alkyl carbamates (subject to hydrolysis) is 1. The highest BCUT2D eigenvalue weighted by atomic mass is 35.5. The lowest BCUT2D eigenvalue weighted by Gasteiger charge is -2.33. The lowest BCUT2D eigenvalue weighted by molar-refractivity contribution is -0.150. The second kappa shape index (κ2) is 15.8. The van der Waals surface area contributed by atoms with Gasteiger partial charge in [0.2, 0.25) is 11.8 Å². The second-order valence-electron chi connectivity index (χ2n) is 9.61. The molecule has 0 aromatic heterocycles. The standard InChI is InChI=1S/C26H38N6O6.ClH/c1-2-37-23(34)16-32(20-10-11-20)24(35)21(30-26(36)38-17-18-7-4-3-5-8-18)13-22(33)29-14-19-9-6-12-31(15-19)25(27)28;/h3-5,7-8,19-21H,2,6,9-17H2,1H3,(H3,27,28)(H,29,33)(H,30,36);1H/t19-,21-;/m0./s1. The molecule has 1 aromatic carbocycles. The van der Waals surface area contributed by atoms with E-state index in [2.05, 4.69) is 10.6 Å². The van der Waals surface area contributed by atoms with Crippen LogP contribution in [0.4, 0.5) is 4.79 Å². The quantitative estimate of drug-likeness (QED) is 0.167. The van der Waals surface area contributed by atoms with Gasteiger partial charge in [0.25, 0.3) is 0 Å². The first-order chi connectivity index (χ1) is 18.3. The molecule has 12 nitrogen and oxygen atoms in total. The number of nitrogens with two attached hydrogens (primary N) is 1. The van der Waals surface area contributed by atoms with Crippen LogP contribution < -0.4 is 16.4 Å². The Morgan fingerprint density at radius 3 is 2.51 bits per heavy atom. The lowest BCUT2D eigenvalue weighted by atomic mass is 9.98. The van der Waals surface area contributed by atoms with Gasteiger partial charge in [0.15, 0.2) is 5.96 Å². The maximum absolute atomic E-state index is 13.5. The van der Waals surface area contributed by atoms with Gasteiger partial charge in [-0.25, -0.2) is 4.79 Å². The van der Waals surface area contributed by atoms with Crippen molar-refractivity contribution in [2.45, 2.75) is 57.7 Å². The molecule has 0 bridgehead atoms. The molecule has 1 aliphatic carbocycles. The van der Waals surface area contributed by atoms with Crippen molar-refractivity contribution in [3.05, 3.63) is 35.9 Å². The van der Waals surface area contributed by atoms with Crippen molar-refractivity contribution in [1.29, 1.82) is 5.41 Å². The minimum atomic E-state index is -1.21. The van der Waals surface area contributed by atoms with Gasteiger partial charge in [-0.05, 0) is 44.1 Å². The fraction of sp³-hybridized carbons (Fsp3) is 0.577. The number of ether oxygens (including phenoxy) is 2. The summed E-state index contributed by atoms with van der Waals surface area (Å²) in [5.74, 6) is -1.38. The summed E-state index contributed by atoms with van der Waals surface area (Å²) in [6, 6.07) is 7.73. The summed E-state index contributed by atoms with van der Waals surface area (Å²) in [6.45, 7) is 3.25. The van der Waals surface area contributed by atoms with Crippen molar-refractivity contribution in [2.75, 3.05) is 32.8 Å². The normalized spacial score (nSPS) is 17.2. The maximum atomic E-state index is 13.5. The third-order valence-corrected chi connectivity index (χ3v) is 6.52. The number of carbonyl (C=O) groups is 4. The average Bonchev–Trinajstić information content (AvgIpc) is 3.75. The highest BCUT2D eigenvalue weighted by Crippen LogP contribution is 2.27. The zero-order valence-corrected chi connectivity index (χ0v) is 23.0. The van der Waals surface area contributed by atoms with E-state index in [9.17, 15) is 19.2 Å². The largest absolute Gasteiger partial charge is 0.465 e. The number of piperidine rings is 1. The molecular formula is C26H39ClN6O6. The van der Waals surface area contributed by atoms with Crippen molar-refractivity contribution in [3.8, 4) is 0 Å². The monoisotopic (exact) mass is 566 g/mol. The number of hydrogen-bond donors (Lipinski definition) is 4. The van der Waals surface area contributed by atoms with E-state index in [-0.39, 0.29) is 56.5 Å². The number of carbonyl (C=O) groups excluding carboxylic acids is 4. The zero-order chi connectivity index (χ0) is 27.5. The fourth-order valence-electron chi connectivity index (χ4n) is 4.39. The number of nitrogens with zero attached hydrogens (tertiary/aromatic N) is 2. The van der Waals surface area contributed by atoms with Gasteiger partial charge in [-0.3, -0.25) is 19.8 Å². The van der Waals surface area contributed by atoms with Crippen LogP contribution in [0.15, 0.2) is 30.3 Å². The van der Waals surface area contributed by atoms with Crippen LogP contribution in [-0.2, 0) is 30.5 Å².